The fraction of sp³-hybridized carbons (Fsp3) is 0.500. The average molecular weight is 346 g/mol. The summed E-state index contributed by atoms with van der Waals surface area (Å²) in [6.45, 7) is 6.58. The van der Waals surface area contributed by atoms with Crippen molar-refractivity contribution >= 4 is 34.0 Å². The second kappa shape index (κ2) is 4.80. The quantitative estimate of drug-likeness (QED) is 0.469. The molecule has 0 N–H and O–H groups in total. The highest BCUT2D eigenvalue weighted by atomic mass is 127. The van der Waals surface area contributed by atoms with Crippen molar-refractivity contribution in [3.8, 4) is 0 Å². The fourth-order valence-electron chi connectivity index (χ4n) is 2.18. The van der Waals surface area contributed by atoms with E-state index < -0.39 is 0 Å². The lowest BCUT2D eigenvalue weighted by Gasteiger charge is -2.18. The van der Waals surface area contributed by atoms with Crippen molar-refractivity contribution < 1.29 is 4.92 Å². The van der Waals surface area contributed by atoms with E-state index in [2.05, 4.69) is 18.7 Å². The maximum Gasteiger partial charge on any atom is 0.282 e. The van der Waals surface area contributed by atoms with Crippen molar-refractivity contribution in [3.05, 3.63) is 31.9 Å². The first-order valence-corrected chi connectivity index (χ1v) is 6.76. The normalized spacial score (nSPS) is 24.1. The van der Waals surface area contributed by atoms with E-state index in [1.54, 1.807) is 6.07 Å². The Morgan fingerprint density at radius 2 is 1.94 bits per heavy atom. The van der Waals surface area contributed by atoms with Gasteiger partial charge in [-0.3, -0.25) is 10.1 Å². The van der Waals surface area contributed by atoms with Crippen molar-refractivity contribution in [2.24, 2.45) is 11.8 Å². The van der Waals surface area contributed by atoms with Gasteiger partial charge in [0.2, 0.25) is 0 Å². The monoisotopic (exact) mass is 346 g/mol. The van der Waals surface area contributed by atoms with Crippen LogP contribution >= 0.6 is 22.6 Å². The number of nitro groups is 1. The van der Waals surface area contributed by atoms with Crippen LogP contribution in [0.5, 0.6) is 0 Å². The molecular weight excluding hydrogens is 331 g/mol. The molecule has 1 aliphatic rings. The van der Waals surface area contributed by atoms with Gasteiger partial charge in [-0.1, -0.05) is 13.8 Å². The first-order valence-electron chi connectivity index (χ1n) is 5.68. The van der Waals surface area contributed by atoms with E-state index in [0.717, 1.165) is 18.8 Å². The molecule has 0 bridgehead atoms. The molecule has 0 radical (unpaired) electrons. The average Bonchev–Trinajstić information content (AvgIpc) is 2.58. The van der Waals surface area contributed by atoms with Crippen molar-refractivity contribution in [2.45, 2.75) is 13.8 Å². The maximum absolute atomic E-state index is 10.7. The number of nitro benzene ring substituents is 1. The number of benzene rings is 1. The molecule has 2 rings (SSSR count). The summed E-state index contributed by atoms with van der Waals surface area (Å²) in [6.07, 6.45) is 0. The molecule has 0 aromatic heterocycles. The summed E-state index contributed by atoms with van der Waals surface area (Å²) in [7, 11) is 0. The van der Waals surface area contributed by atoms with Gasteiger partial charge in [-0.05, 0) is 46.6 Å². The topological polar surface area (TPSA) is 46.4 Å². The molecular formula is C12H15IN2O2. The second-order valence-electron chi connectivity index (χ2n) is 4.75. The molecule has 2 unspecified atom stereocenters. The Morgan fingerprint density at radius 3 is 2.41 bits per heavy atom. The van der Waals surface area contributed by atoms with Crippen LogP contribution in [0.3, 0.4) is 0 Å². The third-order valence-electron chi connectivity index (χ3n) is 3.48. The van der Waals surface area contributed by atoms with Gasteiger partial charge in [0, 0.05) is 24.8 Å². The number of rotatable bonds is 2. The van der Waals surface area contributed by atoms with Crippen LogP contribution in [0, 0.1) is 25.5 Å². The Morgan fingerprint density at radius 1 is 1.35 bits per heavy atom. The summed E-state index contributed by atoms with van der Waals surface area (Å²) in [6, 6.07) is 5.36. The number of hydrogen-bond acceptors (Lipinski definition) is 3. The standard InChI is InChI=1S/C12H15IN2O2/c1-8-6-14(7-9(8)2)10-3-4-12(15(16)17)11(13)5-10/h3-5,8-9H,6-7H2,1-2H3. The maximum atomic E-state index is 10.7. The van der Waals surface area contributed by atoms with E-state index >= 15 is 0 Å². The molecule has 1 fully saturated rings. The number of halogens is 1. The van der Waals surface area contributed by atoms with Crippen LogP contribution in [-0.4, -0.2) is 18.0 Å². The van der Waals surface area contributed by atoms with E-state index in [-0.39, 0.29) is 10.6 Å². The van der Waals surface area contributed by atoms with Gasteiger partial charge in [-0.2, -0.15) is 0 Å². The zero-order chi connectivity index (χ0) is 12.6. The Hall–Kier alpha value is -0.850. The molecule has 2 atom stereocenters. The highest BCUT2D eigenvalue weighted by molar-refractivity contribution is 14.1. The molecule has 0 saturated carbocycles. The van der Waals surface area contributed by atoms with Gasteiger partial charge in [0.1, 0.15) is 0 Å². The molecule has 17 heavy (non-hydrogen) atoms. The van der Waals surface area contributed by atoms with E-state index in [1.807, 2.05) is 34.7 Å². The first kappa shape index (κ1) is 12.6. The summed E-state index contributed by atoms with van der Waals surface area (Å²) in [4.78, 5) is 12.7. The van der Waals surface area contributed by atoms with E-state index in [4.69, 9.17) is 0 Å². The van der Waals surface area contributed by atoms with Gasteiger partial charge in [0.25, 0.3) is 5.69 Å². The van der Waals surface area contributed by atoms with Gasteiger partial charge in [-0.25, -0.2) is 0 Å². The largest absolute Gasteiger partial charge is 0.371 e. The predicted octanol–water partition coefficient (Wildman–Crippen LogP) is 3.29. The van der Waals surface area contributed by atoms with Crippen LogP contribution in [0.2, 0.25) is 0 Å². The number of anilines is 1. The predicted molar refractivity (Wildman–Crippen MR) is 76.4 cm³/mol. The van der Waals surface area contributed by atoms with Gasteiger partial charge in [0.15, 0.2) is 0 Å². The van der Waals surface area contributed by atoms with Crippen LogP contribution < -0.4 is 4.90 Å². The Balaban J connectivity index is 2.24. The molecule has 1 aliphatic heterocycles. The van der Waals surface area contributed by atoms with Crippen LogP contribution in [0.25, 0.3) is 0 Å². The highest BCUT2D eigenvalue weighted by Gasteiger charge is 2.26. The van der Waals surface area contributed by atoms with E-state index in [1.165, 1.54) is 0 Å². The summed E-state index contributed by atoms with van der Waals surface area (Å²) in [5, 5.41) is 10.7. The number of hydrogen-bond donors (Lipinski definition) is 0. The zero-order valence-corrected chi connectivity index (χ0v) is 12.0. The summed E-state index contributed by atoms with van der Waals surface area (Å²) < 4.78 is 0.706. The van der Waals surface area contributed by atoms with Gasteiger partial charge in [0.05, 0.1) is 8.49 Å². The van der Waals surface area contributed by atoms with Crippen LogP contribution in [0.15, 0.2) is 18.2 Å². The van der Waals surface area contributed by atoms with Gasteiger partial charge in [-0.15, -0.1) is 0 Å². The van der Waals surface area contributed by atoms with Crippen molar-refractivity contribution in [3.63, 3.8) is 0 Å². The minimum Gasteiger partial charge on any atom is -0.371 e. The molecule has 1 heterocycles. The zero-order valence-electron chi connectivity index (χ0n) is 9.89. The number of nitrogens with zero attached hydrogens (tertiary/aromatic N) is 2. The van der Waals surface area contributed by atoms with E-state index in [0.29, 0.717) is 15.4 Å². The second-order valence-corrected chi connectivity index (χ2v) is 5.91. The van der Waals surface area contributed by atoms with Crippen molar-refractivity contribution in [1.82, 2.24) is 0 Å². The van der Waals surface area contributed by atoms with Crippen molar-refractivity contribution in [2.75, 3.05) is 18.0 Å². The summed E-state index contributed by atoms with van der Waals surface area (Å²) in [5.41, 5.74) is 1.28. The molecule has 92 valence electrons. The van der Waals surface area contributed by atoms with Gasteiger partial charge < -0.3 is 4.90 Å². The van der Waals surface area contributed by atoms with E-state index in [9.17, 15) is 10.1 Å². The van der Waals surface area contributed by atoms with Crippen LogP contribution in [0.4, 0.5) is 11.4 Å². The lowest BCUT2D eigenvalue weighted by Crippen LogP contribution is -2.19. The van der Waals surface area contributed by atoms with Crippen LogP contribution in [0.1, 0.15) is 13.8 Å². The molecule has 0 amide bonds. The molecule has 1 aromatic rings. The first-order chi connectivity index (χ1) is 7.99. The SMILES string of the molecule is CC1CN(c2ccc([N+](=O)[O-])c(I)c2)CC1C. The Kier molecular flexibility index (Phi) is 3.56. The molecule has 5 heteroatoms. The summed E-state index contributed by atoms with van der Waals surface area (Å²) in [5.74, 6) is 1.37. The third-order valence-corrected chi connectivity index (χ3v) is 4.35. The van der Waals surface area contributed by atoms with Crippen molar-refractivity contribution in [1.29, 1.82) is 0 Å². The minimum atomic E-state index is -0.333. The molecule has 0 aliphatic carbocycles. The molecule has 1 aromatic carbocycles. The molecule has 1 saturated heterocycles. The Labute approximate surface area is 114 Å². The van der Waals surface area contributed by atoms with Gasteiger partial charge >= 0.3 is 0 Å². The Bertz CT molecular complexity index is 440. The lowest BCUT2D eigenvalue weighted by atomic mass is 10.0. The van der Waals surface area contributed by atoms with Crippen LogP contribution in [-0.2, 0) is 0 Å². The third kappa shape index (κ3) is 2.53. The molecule has 0 spiro atoms. The smallest absolute Gasteiger partial charge is 0.282 e. The minimum absolute atomic E-state index is 0.189. The highest BCUT2D eigenvalue weighted by Crippen LogP contribution is 2.31. The fourth-order valence-corrected chi connectivity index (χ4v) is 2.88. The summed E-state index contributed by atoms with van der Waals surface area (Å²) >= 11 is 2.03. The lowest BCUT2D eigenvalue weighted by molar-refractivity contribution is -0.385. The molecule has 4 nitrogen and oxygen atoms in total.